The van der Waals surface area contributed by atoms with Gasteiger partial charge in [-0.2, -0.15) is 0 Å². The fourth-order valence-corrected chi connectivity index (χ4v) is 5.10. The standard InChI is InChI=1S/C31H24N2O/c1-31(22-10-4-2-5-11-22,23-12-6-3-7-13-23)24-18-19-32-30(20-24)33-28-15-9-8-14-26(28)27-17-16-25(34)21-29(27)33/h2-21,34H,1H3. The summed E-state index contributed by atoms with van der Waals surface area (Å²) < 4.78 is 2.14. The van der Waals surface area contributed by atoms with Gasteiger partial charge in [0.25, 0.3) is 0 Å². The van der Waals surface area contributed by atoms with Crippen molar-refractivity contribution in [3.8, 4) is 11.6 Å². The number of pyridine rings is 1. The second kappa shape index (κ2) is 7.89. The summed E-state index contributed by atoms with van der Waals surface area (Å²) in [6.45, 7) is 2.27. The Kier molecular flexibility index (Phi) is 4.70. The van der Waals surface area contributed by atoms with Crippen LogP contribution in [0.5, 0.6) is 5.75 Å². The third-order valence-electron chi connectivity index (χ3n) is 6.91. The van der Waals surface area contributed by atoms with E-state index in [4.69, 9.17) is 4.98 Å². The molecule has 3 nitrogen and oxygen atoms in total. The van der Waals surface area contributed by atoms with Crippen molar-refractivity contribution in [1.82, 2.24) is 9.55 Å². The van der Waals surface area contributed by atoms with Gasteiger partial charge >= 0.3 is 0 Å². The topological polar surface area (TPSA) is 38.0 Å². The van der Waals surface area contributed by atoms with Crippen molar-refractivity contribution >= 4 is 21.8 Å². The number of benzene rings is 4. The summed E-state index contributed by atoms with van der Waals surface area (Å²) in [6.07, 6.45) is 1.89. The molecular formula is C31H24N2O. The first-order valence-corrected chi connectivity index (χ1v) is 11.5. The van der Waals surface area contributed by atoms with Crippen molar-refractivity contribution in [2.24, 2.45) is 0 Å². The normalized spacial score (nSPS) is 11.8. The Labute approximate surface area is 198 Å². The van der Waals surface area contributed by atoms with E-state index in [9.17, 15) is 5.11 Å². The van der Waals surface area contributed by atoms with Crippen LogP contribution in [0.15, 0.2) is 121 Å². The van der Waals surface area contributed by atoms with Gasteiger partial charge in [0.2, 0.25) is 0 Å². The highest BCUT2D eigenvalue weighted by Gasteiger charge is 2.31. The summed E-state index contributed by atoms with van der Waals surface area (Å²) in [4.78, 5) is 4.79. The van der Waals surface area contributed by atoms with E-state index in [0.717, 1.165) is 33.2 Å². The Morgan fingerprint density at radius 2 is 1.24 bits per heavy atom. The molecule has 0 amide bonds. The number of para-hydroxylation sites is 1. The minimum absolute atomic E-state index is 0.242. The summed E-state index contributed by atoms with van der Waals surface area (Å²) >= 11 is 0. The molecule has 3 heteroatoms. The highest BCUT2D eigenvalue weighted by molar-refractivity contribution is 6.09. The number of phenols is 1. The zero-order chi connectivity index (χ0) is 23.1. The lowest BCUT2D eigenvalue weighted by atomic mass is 9.71. The van der Waals surface area contributed by atoms with Crippen LogP contribution >= 0.6 is 0 Å². The van der Waals surface area contributed by atoms with E-state index in [1.807, 2.05) is 30.5 Å². The molecule has 2 aromatic heterocycles. The molecule has 0 unspecified atom stereocenters. The van der Waals surface area contributed by atoms with Gasteiger partial charge in [-0.1, -0.05) is 78.9 Å². The van der Waals surface area contributed by atoms with Crippen molar-refractivity contribution in [3.63, 3.8) is 0 Å². The number of aromatic hydroxyl groups is 1. The number of hydrogen-bond acceptors (Lipinski definition) is 2. The first-order valence-electron chi connectivity index (χ1n) is 11.5. The van der Waals surface area contributed by atoms with Crippen molar-refractivity contribution in [2.45, 2.75) is 12.3 Å². The molecule has 1 N–H and O–H groups in total. The zero-order valence-corrected chi connectivity index (χ0v) is 18.9. The predicted molar refractivity (Wildman–Crippen MR) is 139 cm³/mol. The zero-order valence-electron chi connectivity index (χ0n) is 18.9. The van der Waals surface area contributed by atoms with E-state index in [1.54, 1.807) is 6.07 Å². The van der Waals surface area contributed by atoms with E-state index < -0.39 is 0 Å². The van der Waals surface area contributed by atoms with Crippen LogP contribution < -0.4 is 0 Å². The molecule has 0 atom stereocenters. The molecule has 4 aromatic carbocycles. The van der Waals surface area contributed by atoms with Gasteiger partial charge < -0.3 is 5.11 Å². The Morgan fingerprint density at radius 1 is 0.618 bits per heavy atom. The second-order valence-electron chi connectivity index (χ2n) is 8.81. The van der Waals surface area contributed by atoms with Crippen LogP contribution in [0.1, 0.15) is 23.6 Å². The summed E-state index contributed by atoms with van der Waals surface area (Å²) in [5, 5.41) is 12.5. The molecular weight excluding hydrogens is 416 g/mol. The molecule has 0 saturated carbocycles. The first-order chi connectivity index (χ1) is 16.7. The highest BCUT2D eigenvalue weighted by Crippen LogP contribution is 2.40. The van der Waals surface area contributed by atoms with Gasteiger partial charge in [-0.25, -0.2) is 4.98 Å². The molecule has 6 rings (SSSR count). The Bertz CT molecular complexity index is 1580. The van der Waals surface area contributed by atoms with Crippen molar-refractivity contribution < 1.29 is 5.11 Å². The number of phenolic OH excluding ortho intramolecular Hbond substituents is 1. The van der Waals surface area contributed by atoms with Gasteiger partial charge in [0.1, 0.15) is 11.6 Å². The molecule has 0 aliphatic heterocycles. The lowest BCUT2D eigenvalue weighted by Gasteiger charge is -2.32. The quantitative estimate of drug-likeness (QED) is 0.314. The summed E-state index contributed by atoms with van der Waals surface area (Å²) in [7, 11) is 0. The smallest absolute Gasteiger partial charge is 0.137 e. The number of nitrogens with zero attached hydrogens (tertiary/aromatic N) is 2. The van der Waals surface area contributed by atoms with Crippen LogP contribution in [-0.4, -0.2) is 14.7 Å². The molecule has 0 saturated heterocycles. The van der Waals surface area contributed by atoms with E-state index in [1.165, 1.54) is 11.1 Å². The molecule has 164 valence electrons. The SMILES string of the molecule is CC(c1ccccc1)(c1ccccc1)c1ccnc(-n2c3ccccc3c3ccc(O)cc32)c1. The maximum absolute atomic E-state index is 10.3. The molecule has 0 aliphatic rings. The third-order valence-corrected chi connectivity index (χ3v) is 6.91. The molecule has 0 fully saturated rings. The van der Waals surface area contributed by atoms with Gasteiger partial charge in [0.15, 0.2) is 0 Å². The Morgan fingerprint density at radius 3 is 1.94 bits per heavy atom. The van der Waals surface area contributed by atoms with Crippen molar-refractivity contribution in [1.29, 1.82) is 0 Å². The Hall–Kier alpha value is -4.37. The van der Waals surface area contributed by atoms with E-state index in [-0.39, 0.29) is 11.2 Å². The number of fused-ring (bicyclic) bond motifs is 3. The highest BCUT2D eigenvalue weighted by atomic mass is 16.3. The van der Waals surface area contributed by atoms with E-state index >= 15 is 0 Å². The Balaban J connectivity index is 1.63. The van der Waals surface area contributed by atoms with Crippen molar-refractivity contribution in [3.05, 3.63) is 138 Å². The van der Waals surface area contributed by atoms with Crippen LogP contribution in [0, 0.1) is 0 Å². The largest absolute Gasteiger partial charge is 0.508 e. The number of aromatic nitrogens is 2. The average molecular weight is 441 g/mol. The van der Waals surface area contributed by atoms with Crippen LogP contribution in [0.4, 0.5) is 0 Å². The molecule has 0 aliphatic carbocycles. The van der Waals surface area contributed by atoms with Crippen molar-refractivity contribution in [2.75, 3.05) is 0 Å². The second-order valence-corrected chi connectivity index (χ2v) is 8.81. The van der Waals surface area contributed by atoms with Gasteiger partial charge in [0.05, 0.1) is 11.0 Å². The third kappa shape index (κ3) is 3.09. The minimum atomic E-state index is -0.360. The van der Waals surface area contributed by atoms with Crippen LogP contribution in [0.25, 0.3) is 27.6 Å². The maximum Gasteiger partial charge on any atom is 0.137 e. The van der Waals surface area contributed by atoms with Crippen LogP contribution in [0.3, 0.4) is 0 Å². The lowest BCUT2D eigenvalue weighted by molar-refractivity contribution is 0.476. The van der Waals surface area contributed by atoms with Crippen LogP contribution in [0.2, 0.25) is 0 Å². The lowest BCUT2D eigenvalue weighted by Crippen LogP contribution is -2.25. The maximum atomic E-state index is 10.3. The monoisotopic (exact) mass is 440 g/mol. The molecule has 6 aromatic rings. The first kappa shape index (κ1) is 20.3. The molecule has 2 heterocycles. The van der Waals surface area contributed by atoms with E-state index in [0.29, 0.717) is 0 Å². The van der Waals surface area contributed by atoms with Gasteiger partial charge in [-0.15, -0.1) is 0 Å². The fraction of sp³-hybridized carbons (Fsp3) is 0.0645. The summed E-state index contributed by atoms with van der Waals surface area (Å²) in [6, 6.07) is 39.3. The van der Waals surface area contributed by atoms with Crippen LogP contribution in [-0.2, 0) is 5.41 Å². The molecule has 0 radical (unpaired) electrons. The molecule has 0 spiro atoms. The molecule has 34 heavy (non-hydrogen) atoms. The molecule has 0 bridgehead atoms. The summed E-state index contributed by atoms with van der Waals surface area (Å²) in [5.41, 5.74) is 5.24. The van der Waals surface area contributed by atoms with Gasteiger partial charge in [-0.05, 0) is 53.9 Å². The minimum Gasteiger partial charge on any atom is -0.508 e. The van der Waals surface area contributed by atoms with E-state index in [2.05, 4.69) is 96.4 Å². The average Bonchev–Trinajstić information content (AvgIpc) is 3.22. The fourth-order valence-electron chi connectivity index (χ4n) is 5.10. The predicted octanol–water partition coefficient (Wildman–Crippen LogP) is 7.24. The summed E-state index contributed by atoms with van der Waals surface area (Å²) in [5.74, 6) is 1.07. The number of hydrogen-bond donors (Lipinski definition) is 1. The van der Waals surface area contributed by atoms with Gasteiger partial charge in [0, 0.05) is 28.5 Å². The number of rotatable bonds is 4. The van der Waals surface area contributed by atoms with Gasteiger partial charge in [-0.3, -0.25) is 4.57 Å².